The van der Waals surface area contributed by atoms with Gasteiger partial charge in [-0.15, -0.1) is 0 Å². The van der Waals surface area contributed by atoms with E-state index in [0.717, 1.165) is 10.8 Å². The molecule has 0 aliphatic heterocycles. The molecule has 114 valence electrons. The number of nitrogens with one attached hydrogen (secondary N) is 1. The summed E-state index contributed by atoms with van der Waals surface area (Å²) in [5, 5.41) is 36.6. The third kappa shape index (κ3) is 3.74. The van der Waals surface area contributed by atoms with E-state index in [4.69, 9.17) is 20.1 Å². The van der Waals surface area contributed by atoms with E-state index in [0.29, 0.717) is 0 Å². The number of aromatic amines is 1. The summed E-state index contributed by atoms with van der Waals surface area (Å²) in [4.78, 5) is 25.0. The fraction of sp³-hybridized carbons (Fsp3) is 0.636. The molecule has 0 saturated carbocycles. The molecular weight excluding hydrogens is 272 g/mol. The van der Waals surface area contributed by atoms with Crippen molar-refractivity contribution in [1.29, 1.82) is 0 Å². The number of aliphatic hydroxyl groups is 4. The van der Waals surface area contributed by atoms with Gasteiger partial charge in [0.05, 0.1) is 19.8 Å². The van der Waals surface area contributed by atoms with E-state index in [9.17, 15) is 14.7 Å². The molecule has 1 aromatic heterocycles. The summed E-state index contributed by atoms with van der Waals surface area (Å²) in [6.07, 6.45) is -2.71. The van der Waals surface area contributed by atoms with Gasteiger partial charge in [0.25, 0.3) is 5.56 Å². The van der Waals surface area contributed by atoms with Crippen molar-refractivity contribution in [2.24, 2.45) is 0 Å². The normalized spacial score (nSPS) is 14.5. The second kappa shape index (κ2) is 7.31. The van der Waals surface area contributed by atoms with Crippen LogP contribution in [0.15, 0.2) is 15.8 Å². The van der Waals surface area contributed by atoms with E-state index in [1.807, 2.05) is 4.98 Å². The SMILES string of the molecule is Cc1cn([C@H](OC(CO)CO)[C@H](O)CO)c(=O)[nH]c1=O. The standard InChI is InChI=1S/C11H18N2O7/c1-6-2-13(11(19)12-9(6)18)10(8(17)5-16)20-7(3-14)4-15/h2,7-8,10,14-17H,3-5H2,1H3,(H,12,18,19)/t8-,10-/m1/s1. The van der Waals surface area contributed by atoms with E-state index in [1.54, 1.807) is 0 Å². The molecular formula is C11H18N2O7. The van der Waals surface area contributed by atoms with Gasteiger partial charge in [-0.05, 0) is 6.92 Å². The predicted octanol–water partition coefficient (Wildman–Crippen LogP) is -2.93. The van der Waals surface area contributed by atoms with E-state index in [1.165, 1.54) is 6.92 Å². The molecule has 0 amide bonds. The zero-order valence-electron chi connectivity index (χ0n) is 10.9. The number of rotatable bonds is 7. The van der Waals surface area contributed by atoms with Crippen LogP contribution in [0.25, 0.3) is 0 Å². The summed E-state index contributed by atoms with van der Waals surface area (Å²) in [7, 11) is 0. The van der Waals surface area contributed by atoms with Gasteiger partial charge in [0, 0.05) is 11.8 Å². The number of ether oxygens (including phenoxy) is 1. The number of H-pyrrole nitrogens is 1. The lowest BCUT2D eigenvalue weighted by molar-refractivity contribution is -0.151. The Morgan fingerprint density at radius 3 is 2.35 bits per heavy atom. The number of nitrogens with zero attached hydrogens (tertiary/aromatic N) is 1. The third-order valence-electron chi connectivity index (χ3n) is 2.68. The van der Waals surface area contributed by atoms with E-state index >= 15 is 0 Å². The maximum atomic E-state index is 11.7. The summed E-state index contributed by atoms with van der Waals surface area (Å²) in [6, 6.07) is 0. The van der Waals surface area contributed by atoms with Crippen LogP contribution in [0, 0.1) is 6.92 Å². The van der Waals surface area contributed by atoms with E-state index < -0.39 is 49.5 Å². The van der Waals surface area contributed by atoms with Crippen LogP contribution in [0.5, 0.6) is 0 Å². The minimum atomic E-state index is -1.47. The highest BCUT2D eigenvalue weighted by atomic mass is 16.5. The summed E-state index contributed by atoms with van der Waals surface area (Å²) < 4.78 is 6.08. The highest BCUT2D eigenvalue weighted by Crippen LogP contribution is 2.14. The van der Waals surface area contributed by atoms with Crippen LogP contribution >= 0.6 is 0 Å². The van der Waals surface area contributed by atoms with Gasteiger partial charge < -0.3 is 25.2 Å². The van der Waals surface area contributed by atoms with Crippen LogP contribution < -0.4 is 11.2 Å². The van der Waals surface area contributed by atoms with Crippen LogP contribution in [0.3, 0.4) is 0 Å². The van der Waals surface area contributed by atoms with E-state index in [-0.39, 0.29) is 5.56 Å². The third-order valence-corrected chi connectivity index (χ3v) is 2.68. The molecule has 0 aliphatic rings. The van der Waals surface area contributed by atoms with Crippen molar-refractivity contribution in [3.05, 3.63) is 32.6 Å². The zero-order chi connectivity index (χ0) is 15.3. The Morgan fingerprint density at radius 2 is 1.85 bits per heavy atom. The molecule has 0 unspecified atom stereocenters. The van der Waals surface area contributed by atoms with Gasteiger partial charge in [-0.25, -0.2) is 4.79 Å². The lowest BCUT2D eigenvalue weighted by Gasteiger charge is -2.27. The molecule has 0 aliphatic carbocycles. The monoisotopic (exact) mass is 290 g/mol. The zero-order valence-corrected chi connectivity index (χ0v) is 10.9. The van der Waals surface area contributed by atoms with Crippen LogP contribution in [0.4, 0.5) is 0 Å². The molecule has 0 saturated heterocycles. The summed E-state index contributed by atoms with van der Waals surface area (Å²) in [5.74, 6) is 0. The average molecular weight is 290 g/mol. The van der Waals surface area contributed by atoms with Gasteiger partial charge in [0.1, 0.15) is 12.2 Å². The molecule has 20 heavy (non-hydrogen) atoms. The molecule has 1 rings (SSSR count). The Labute approximate surface area is 113 Å². The van der Waals surface area contributed by atoms with Crippen molar-refractivity contribution in [2.75, 3.05) is 19.8 Å². The first-order valence-electron chi connectivity index (χ1n) is 5.92. The van der Waals surface area contributed by atoms with Gasteiger partial charge in [0.2, 0.25) is 0 Å². The Balaban J connectivity index is 3.20. The first-order valence-corrected chi connectivity index (χ1v) is 5.92. The first kappa shape index (κ1) is 16.5. The molecule has 0 aromatic carbocycles. The lowest BCUT2D eigenvalue weighted by atomic mass is 10.3. The fourth-order valence-electron chi connectivity index (χ4n) is 1.55. The molecule has 2 atom stereocenters. The topological polar surface area (TPSA) is 145 Å². The number of hydrogen-bond acceptors (Lipinski definition) is 7. The van der Waals surface area contributed by atoms with Crippen LogP contribution in [0.1, 0.15) is 11.8 Å². The van der Waals surface area contributed by atoms with Gasteiger partial charge in [-0.1, -0.05) is 0 Å². The lowest BCUT2D eigenvalue weighted by Crippen LogP contribution is -2.42. The molecule has 0 radical (unpaired) electrons. The largest absolute Gasteiger partial charge is 0.394 e. The van der Waals surface area contributed by atoms with Gasteiger partial charge in [-0.3, -0.25) is 14.3 Å². The van der Waals surface area contributed by atoms with Gasteiger partial charge >= 0.3 is 5.69 Å². The second-order valence-corrected chi connectivity index (χ2v) is 4.24. The fourth-order valence-corrected chi connectivity index (χ4v) is 1.55. The summed E-state index contributed by atoms with van der Waals surface area (Å²) in [6.45, 7) is -0.337. The Kier molecular flexibility index (Phi) is 6.05. The molecule has 0 spiro atoms. The number of aliphatic hydroxyl groups excluding tert-OH is 4. The highest BCUT2D eigenvalue weighted by Gasteiger charge is 2.26. The van der Waals surface area contributed by atoms with Crippen molar-refractivity contribution < 1.29 is 25.2 Å². The van der Waals surface area contributed by atoms with Crippen molar-refractivity contribution in [3.63, 3.8) is 0 Å². The van der Waals surface area contributed by atoms with Crippen LogP contribution in [0.2, 0.25) is 0 Å². The molecule has 1 aromatic rings. The molecule has 5 N–H and O–H groups in total. The van der Waals surface area contributed by atoms with Gasteiger partial charge in [-0.2, -0.15) is 0 Å². The smallest absolute Gasteiger partial charge is 0.330 e. The van der Waals surface area contributed by atoms with Crippen molar-refractivity contribution in [3.8, 4) is 0 Å². The van der Waals surface area contributed by atoms with Crippen molar-refractivity contribution in [2.45, 2.75) is 25.4 Å². The average Bonchev–Trinajstić information content (AvgIpc) is 2.44. The minimum absolute atomic E-state index is 0.202. The van der Waals surface area contributed by atoms with E-state index in [2.05, 4.69) is 0 Å². The summed E-state index contributed by atoms with van der Waals surface area (Å²) in [5.41, 5.74) is -1.22. The quantitative estimate of drug-likeness (QED) is 0.361. The van der Waals surface area contributed by atoms with Crippen LogP contribution in [-0.2, 0) is 4.74 Å². The number of hydrogen-bond donors (Lipinski definition) is 5. The summed E-state index contributed by atoms with van der Waals surface area (Å²) >= 11 is 0. The maximum Gasteiger partial charge on any atom is 0.330 e. The maximum absolute atomic E-state index is 11.7. The number of aryl methyl sites for hydroxylation is 1. The van der Waals surface area contributed by atoms with Crippen molar-refractivity contribution in [1.82, 2.24) is 9.55 Å². The number of aromatic nitrogens is 2. The molecule has 1 heterocycles. The Hall–Kier alpha value is -1.52. The van der Waals surface area contributed by atoms with Gasteiger partial charge in [0.15, 0.2) is 6.23 Å². The second-order valence-electron chi connectivity index (χ2n) is 4.24. The predicted molar refractivity (Wildman–Crippen MR) is 67.2 cm³/mol. The molecule has 0 fully saturated rings. The Bertz CT molecular complexity index is 534. The molecule has 0 bridgehead atoms. The Morgan fingerprint density at radius 1 is 1.25 bits per heavy atom. The van der Waals surface area contributed by atoms with Crippen molar-refractivity contribution >= 4 is 0 Å². The minimum Gasteiger partial charge on any atom is -0.394 e. The first-order chi connectivity index (χ1) is 9.44. The highest BCUT2D eigenvalue weighted by molar-refractivity contribution is 5.01. The molecule has 9 nitrogen and oxygen atoms in total. The van der Waals surface area contributed by atoms with Crippen LogP contribution in [-0.4, -0.2) is 62.0 Å². The molecule has 9 heteroatoms.